The summed E-state index contributed by atoms with van der Waals surface area (Å²) in [4.78, 5) is 6.44. The van der Waals surface area contributed by atoms with Gasteiger partial charge in [-0.2, -0.15) is 5.10 Å². The summed E-state index contributed by atoms with van der Waals surface area (Å²) in [5.41, 5.74) is 13.7. The maximum absolute atomic E-state index is 12.1. The lowest BCUT2D eigenvalue weighted by atomic mass is 10.1. The van der Waals surface area contributed by atoms with E-state index in [9.17, 15) is 4.39 Å². The number of nitrogens with one attached hydrogen (secondary N) is 1. The van der Waals surface area contributed by atoms with Crippen molar-refractivity contribution in [1.29, 1.82) is 0 Å². The zero-order valence-electron chi connectivity index (χ0n) is 20.6. The summed E-state index contributed by atoms with van der Waals surface area (Å²) in [5, 5.41) is 8.41. The molecule has 0 spiro atoms. The predicted octanol–water partition coefficient (Wildman–Crippen LogP) is 0.970. The third-order valence-electron chi connectivity index (χ3n) is 3.65. The molecular weight excluding hydrogens is 413 g/mol. The van der Waals surface area contributed by atoms with Gasteiger partial charge in [-0.1, -0.05) is 0 Å². The van der Waals surface area contributed by atoms with E-state index in [1.165, 1.54) is 5.01 Å². The van der Waals surface area contributed by atoms with Gasteiger partial charge in [0, 0.05) is 55.2 Å². The fraction of sp³-hybridized carbons (Fsp3) is 0.714. The highest BCUT2D eigenvalue weighted by atomic mass is 19.1. The van der Waals surface area contributed by atoms with E-state index in [-0.39, 0.29) is 24.4 Å². The highest BCUT2D eigenvalue weighted by Gasteiger charge is 2.14. The van der Waals surface area contributed by atoms with Crippen LogP contribution < -0.4 is 28.5 Å². The molecule has 9 N–H and O–H groups in total. The summed E-state index contributed by atoms with van der Waals surface area (Å²) in [6.45, 7) is 13.2. The van der Waals surface area contributed by atoms with Crippen molar-refractivity contribution < 1.29 is 9.13 Å². The Morgan fingerprint density at radius 1 is 1.06 bits per heavy atom. The van der Waals surface area contributed by atoms with E-state index in [1.807, 2.05) is 46.4 Å². The number of hydrogen-bond donors (Lipinski definition) is 5. The van der Waals surface area contributed by atoms with Crippen LogP contribution in [-0.2, 0) is 4.74 Å². The van der Waals surface area contributed by atoms with Crippen molar-refractivity contribution in [1.82, 2.24) is 15.2 Å². The molecule has 0 aromatic carbocycles. The van der Waals surface area contributed by atoms with Crippen molar-refractivity contribution >= 4 is 11.9 Å². The van der Waals surface area contributed by atoms with Crippen LogP contribution in [0.25, 0.3) is 0 Å². The summed E-state index contributed by atoms with van der Waals surface area (Å²) in [7, 11) is 0. The number of halogens is 1. The smallest absolute Gasteiger partial charge is 0.132 e. The fourth-order valence-corrected chi connectivity index (χ4v) is 2.27. The van der Waals surface area contributed by atoms with Gasteiger partial charge in [-0.25, -0.2) is 5.84 Å². The number of rotatable bonds is 14. The topological polar surface area (TPSA) is 157 Å². The molecule has 0 amide bonds. The van der Waals surface area contributed by atoms with Crippen LogP contribution in [0.15, 0.2) is 33.9 Å². The van der Waals surface area contributed by atoms with Crippen molar-refractivity contribution in [3.63, 3.8) is 0 Å². The van der Waals surface area contributed by atoms with Gasteiger partial charge in [-0.05, 0) is 48.0 Å². The number of hydrazine groups is 1. The number of nitrogens with two attached hydrogens (primary N) is 4. The molecule has 0 aromatic heterocycles. The van der Waals surface area contributed by atoms with Gasteiger partial charge in [0.15, 0.2) is 0 Å². The molecule has 0 radical (unpaired) electrons. The van der Waals surface area contributed by atoms with Gasteiger partial charge in [0.25, 0.3) is 0 Å². The maximum Gasteiger partial charge on any atom is 0.132 e. The van der Waals surface area contributed by atoms with Crippen LogP contribution in [0.1, 0.15) is 48.0 Å². The van der Waals surface area contributed by atoms with Gasteiger partial charge in [-0.3, -0.25) is 19.3 Å². The molecule has 0 bridgehead atoms. The molecule has 0 fully saturated rings. The highest BCUT2D eigenvalue weighted by molar-refractivity contribution is 6.31. The molecule has 0 saturated heterocycles. The van der Waals surface area contributed by atoms with Crippen LogP contribution in [-0.4, -0.2) is 72.6 Å². The highest BCUT2D eigenvalue weighted by Crippen LogP contribution is 2.06. The average molecular weight is 458 g/mol. The van der Waals surface area contributed by atoms with E-state index in [2.05, 4.69) is 15.4 Å². The standard InChI is InChI=1S/C21H44FN9O/c1-20(2,3)27-10-17(23)12-30(15-19(29-25)11-28-21(4,5)6)13-18(24)14-31(26)16-32-9-7-8-22/h10-11,14,27H,7-9,12-13,15-16,23-26H2,1-6H3/b17-10-,18-14-,28-11?,29-19?. The Hall–Kier alpha value is -2.37. The predicted molar refractivity (Wildman–Crippen MR) is 131 cm³/mol. The van der Waals surface area contributed by atoms with Crippen LogP contribution in [0.5, 0.6) is 0 Å². The van der Waals surface area contributed by atoms with Gasteiger partial charge in [0.2, 0.25) is 0 Å². The first-order chi connectivity index (χ1) is 14.8. The van der Waals surface area contributed by atoms with Crippen molar-refractivity contribution in [2.45, 2.75) is 59.0 Å². The van der Waals surface area contributed by atoms with E-state index < -0.39 is 6.67 Å². The number of hydrazone groups is 1. The Kier molecular flexibility index (Phi) is 13.6. The molecule has 0 aromatic rings. The van der Waals surface area contributed by atoms with E-state index in [0.717, 1.165) is 0 Å². The van der Waals surface area contributed by atoms with E-state index in [4.69, 9.17) is 27.9 Å². The minimum absolute atomic E-state index is 0.103. The second kappa shape index (κ2) is 14.6. The molecule has 0 saturated carbocycles. The molecule has 0 aliphatic heterocycles. The molecule has 0 rings (SSSR count). The zero-order valence-corrected chi connectivity index (χ0v) is 20.6. The quantitative estimate of drug-likeness (QED) is 0.0849. The van der Waals surface area contributed by atoms with Crippen LogP contribution in [0.2, 0.25) is 0 Å². The van der Waals surface area contributed by atoms with Gasteiger partial charge in [0.1, 0.15) is 6.73 Å². The SMILES string of the molecule is CC(C)(C)N=CC(CN(C/C(N)=C/NC(C)(C)C)C/C(N)=C/N(N)COCCCF)=NN. The van der Waals surface area contributed by atoms with Crippen molar-refractivity contribution in [2.24, 2.45) is 33.2 Å². The second-order valence-corrected chi connectivity index (χ2v) is 9.61. The van der Waals surface area contributed by atoms with E-state index in [1.54, 1.807) is 18.6 Å². The Balaban J connectivity index is 5.31. The molecule has 186 valence electrons. The van der Waals surface area contributed by atoms with E-state index in [0.29, 0.717) is 43.2 Å². The summed E-state index contributed by atoms with van der Waals surface area (Å²) >= 11 is 0. The minimum atomic E-state index is -0.430. The first-order valence-electron chi connectivity index (χ1n) is 10.6. The summed E-state index contributed by atoms with van der Waals surface area (Å²) in [6.07, 6.45) is 5.34. The van der Waals surface area contributed by atoms with Crippen molar-refractivity contribution in [2.75, 3.05) is 39.6 Å². The molecule has 10 nitrogen and oxygen atoms in total. The van der Waals surface area contributed by atoms with Crippen LogP contribution in [0.4, 0.5) is 4.39 Å². The maximum atomic E-state index is 12.1. The molecule has 0 aliphatic rings. The second-order valence-electron chi connectivity index (χ2n) is 9.61. The first kappa shape index (κ1) is 29.6. The molecule has 0 unspecified atom stereocenters. The summed E-state index contributed by atoms with van der Waals surface area (Å²) < 4.78 is 17.4. The summed E-state index contributed by atoms with van der Waals surface area (Å²) in [6, 6.07) is 0. The molecule has 11 heteroatoms. The van der Waals surface area contributed by atoms with Crippen LogP contribution in [0.3, 0.4) is 0 Å². The first-order valence-corrected chi connectivity index (χ1v) is 10.6. The van der Waals surface area contributed by atoms with Crippen LogP contribution in [0, 0.1) is 0 Å². The Bertz CT molecular complexity index is 649. The lowest BCUT2D eigenvalue weighted by molar-refractivity contribution is 0.0494. The number of alkyl halides is 1. The molecule has 0 atom stereocenters. The Morgan fingerprint density at radius 3 is 2.22 bits per heavy atom. The third-order valence-corrected chi connectivity index (χ3v) is 3.65. The van der Waals surface area contributed by atoms with Gasteiger partial charge >= 0.3 is 0 Å². The monoisotopic (exact) mass is 457 g/mol. The van der Waals surface area contributed by atoms with E-state index >= 15 is 0 Å². The number of aliphatic imine (C=N–C) groups is 1. The number of nitrogens with zero attached hydrogens (tertiary/aromatic N) is 4. The summed E-state index contributed by atoms with van der Waals surface area (Å²) in [5.74, 6) is 11.5. The number of ether oxygens (including phenoxy) is 1. The van der Waals surface area contributed by atoms with Gasteiger partial charge in [-0.15, -0.1) is 0 Å². The molecule has 0 heterocycles. The van der Waals surface area contributed by atoms with Gasteiger partial charge in [0.05, 0.1) is 24.5 Å². The lowest BCUT2D eigenvalue weighted by Gasteiger charge is -2.25. The Morgan fingerprint density at radius 2 is 1.69 bits per heavy atom. The molecule has 0 aliphatic carbocycles. The van der Waals surface area contributed by atoms with Crippen molar-refractivity contribution in [3.8, 4) is 0 Å². The average Bonchev–Trinajstić information content (AvgIpc) is 2.65. The third kappa shape index (κ3) is 17.3. The van der Waals surface area contributed by atoms with Gasteiger partial charge < -0.3 is 27.4 Å². The molecular formula is C21H44FN9O. The number of hydrogen-bond acceptors (Lipinski definition) is 10. The molecule has 32 heavy (non-hydrogen) atoms. The zero-order chi connectivity index (χ0) is 24.8. The fourth-order valence-electron chi connectivity index (χ4n) is 2.27. The lowest BCUT2D eigenvalue weighted by Crippen LogP contribution is -2.39. The van der Waals surface area contributed by atoms with Crippen LogP contribution >= 0.6 is 0 Å². The van der Waals surface area contributed by atoms with Crippen molar-refractivity contribution in [3.05, 3.63) is 23.8 Å². The minimum Gasteiger partial charge on any atom is -0.400 e. The Labute approximate surface area is 192 Å². The normalized spacial score (nSPS) is 14.5. The largest absolute Gasteiger partial charge is 0.400 e.